The number of hydrogen-bond acceptors (Lipinski definition) is 1. The number of nitrogens with one attached hydrogen (secondary N) is 1. The van der Waals surface area contributed by atoms with Crippen LogP contribution < -0.4 is 5.32 Å². The number of hydrogen-bond donors (Lipinski definition) is 1. The number of benzene rings is 1. The first-order chi connectivity index (χ1) is 7.44. The summed E-state index contributed by atoms with van der Waals surface area (Å²) in [7, 11) is 0. The highest BCUT2D eigenvalue weighted by molar-refractivity contribution is 9.10. The van der Waals surface area contributed by atoms with Crippen molar-refractivity contribution in [2.24, 2.45) is 5.41 Å². The minimum absolute atomic E-state index is 0.0351. The van der Waals surface area contributed by atoms with Gasteiger partial charge in [-0.2, -0.15) is 0 Å². The van der Waals surface area contributed by atoms with Crippen molar-refractivity contribution < 1.29 is 4.39 Å². The molecule has 1 nitrogen and oxygen atoms in total. The van der Waals surface area contributed by atoms with E-state index in [2.05, 4.69) is 35.1 Å². The zero-order valence-electron chi connectivity index (χ0n) is 9.49. The second-order valence-corrected chi connectivity index (χ2v) is 5.82. The molecule has 1 aromatic rings. The van der Waals surface area contributed by atoms with Crippen LogP contribution in [0.5, 0.6) is 0 Å². The summed E-state index contributed by atoms with van der Waals surface area (Å²) in [5.41, 5.74) is 0.710. The van der Waals surface area contributed by atoms with Crippen molar-refractivity contribution in [3.63, 3.8) is 0 Å². The molecule has 90 valence electrons. The van der Waals surface area contributed by atoms with E-state index in [0.717, 1.165) is 11.0 Å². The van der Waals surface area contributed by atoms with Gasteiger partial charge in [-0.1, -0.05) is 35.8 Å². The van der Waals surface area contributed by atoms with Gasteiger partial charge in [-0.15, -0.1) is 11.6 Å². The summed E-state index contributed by atoms with van der Waals surface area (Å²) >= 11 is 9.04. The zero-order valence-corrected chi connectivity index (χ0v) is 11.8. The predicted octanol–water partition coefficient (Wildman–Crippen LogP) is 3.94. The van der Waals surface area contributed by atoms with Crippen molar-refractivity contribution in [2.45, 2.75) is 20.4 Å². The largest absolute Gasteiger partial charge is 0.312 e. The SMILES string of the molecule is CC(C)(CCl)CNCc1ccc(Br)cc1F. The van der Waals surface area contributed by atoms with E-state index < -0.39 is 0 Å². The van der Waals surface area contributed by atoms with Crippen LogP contribution in [0.4, 0.5) is 4.39 Å². The van der Waals surface area contributed by atoms with E-state index in [1.165, 1.54) is 6.07 Å². The monoisotopic (exact) mass is 307 g/mol. The molecular weight excluding hydrogens is 292 g/mol. The van der Waals surface area contributed by atoms with Crippen molar-refractivity contribution in [1.82, 2.24) is 5.32 Å². The minimum Gasteiger partial charge on any atom is -0.312 e. The minimum atomic E-state index is -0.189. The Morgan fingerprint density at radius 2 is 2.12 bits per heavy atom. The summed E-state index contributed by atoms with van der Waals surface area (Å²) in [6.45, 7) is 5.45. The third kappa shape index (κ3) is 4.40. The van der Waals surface area contributed by atoms with E-state index in [-0.39, 0.29) is 11.2 Å². The fraction of sp³-hybridized carbons (Fsp3) is 0.500. The van der Waals surface area contributed by atoms with Crippen molar-refractivity contribution in [3.8, 4) is 0 Å². The highest BCUT2D eigenvalue weighted by Gasteiger charge is 2.15. The molecule has 0 aliphatic heterocycles. The van der Waals surface area contributed by atoms with Gasteiger partial charge in [-0.25, -0.2) is 4.39 Å². The van der Waals surface area contributed by atoms with Crippen LogP contribution in [0.2, 0.25) is 0 Å². The maximum atomic E-state index is 13.5. The molecule has 1 rings (SSSR count). The summed E-state index contributed by atoms with van der Waals surface area (Å²) in [5, 5.41) is 3.21. The molecule has 0 amide bonds. The van der Waals surface area contributed by atoms with Gasteiger partial charge in [0.1, 0.15) is 5.82 Å². The first-order valence-corrected chi connectivity index (χ1v) is 6.48. The highest BCUT2D eigenvalue weighted by atomic mass is 79.9. The van der Waals surface area contributed by atoms with E-state index >= 15 is 0 Å². The molecule has 0 saturated carbocycles. The van der Waals surface area contributed by atoms with Crippen LogP contribution in [-0.4, -0.2) is 12.4 Å². The molecule has 16 heavy (non-hydrogen) atoms. The van der Waals surface area contributed by atoms with Crippen LogP contribution >= 0.6 is 27.5 Å². The molecule has 0 spiro atoms. The molecule has 0 radical (unpaired) electrons. The van der Waals surface area contributed by atoms with Crippen molar-refractivity contribution in [3.05, 3.63) is 34.1 Å². The van der Waals surface area contributed by atoms with Gasteiger partial charge in [-0.05, 0) is 17.5 Å². The molecular formula is C12H16BrClFN. The van der Waals surface area contributed by atoms with Gasteiger partial charge >= 0.3 is 0 Å². The molecule has 0 aliphatic rings. The lowest BCUT2D eigenvalue weighted by Crippen LogP contribution is -2.30. The van der Waals surface area contributed by atoms with Gasteiger partial charge in [0, 0.05) is 29.0 Å². The molecule has 0 atom stereocenters. The Balaban J connectivity index is 2.49. The fourth-order valence-electron chi connectivity index (χ4n) is 1.25. The Kier molecular flexibility index (Phi) is 5.22. The smallest absolute Gasteiger partial charge is 0.128 e. The Morgan fingerprint density at radius 3 is 2.69 bits per heavy atom. The lowest BCUT2D eigenvalue weighted by molar-refractivity contribution is 0.383. The molecule has 0 heterocycles. The Hall–Kier alpha value is -0.120. The Bertz CT molecular complexity index is 355. The normalized spacial score (nSPS) is 11.8. The first-order valence-electron chi connectivity index (χ1n) is 5.15. The van der Waals surface area contributed by atoms with Crippen molar-refractivity contribution in [2.75, 3.05) is 12.4 Å². The van der Waals surface area contributed by atoms with Crippen LogP contribution in [-0.2, 0) is 6.54 Å². The lowest BCUT2D eigenvalue weighted by Gasteiger charge is -2.21. The quantitative estimate of drug-likeness (QED) is 0.812. The fourth-order valence-corrected chi connectivity index (χ4v) is 1.68. The van der Waals surface area contributed by atoms with E-state index in [0.29, 0.717) is 18.0 Å². The summed E-state index contributed by atoms with van der Waals surface area (Å²) in [6.07, 6.45) is 0. The van der Waals surface area contributed by atoms with Gasteiger partial charge in [-0.3, -0.25) is 0 Å². The van der Waals surface area contributed by atoms with Crippen molar-refractivity contribution in [1.29, 1.82) is 0 Å². The first kappa shape index (κ1) is 13.9. The summed E-state index contributed by atoms with van der Waals surface area (Å²) in [6, 6.07) is 5.09. The average Bonchev–Trinajstić information content (AvgIpc) is 2.21. The molecule has 1 N–H and O–H groups in total. The summed E-state index contributed by atoms with van der Waals surface area (Å²) in [5.74, 6) is 0.397. The van der Waals surface area contributed by atoms with Crippen LogP contribution in [0, 0.1) is 11.2 Å². The molecule has 0 aromatic heterocycles. The van der Waals surface area contributed by atoms with Gasteiger partial charge in [0.25, 0.3) is 0 Å². The van der Waals surface area contributed by atoms with Crippen LogP contribution in [0.15, 0.2) is 22.7 Å². The number of alkyl halides is 1. The molecule has 4 heteroatoms. The number of rotatable bonds is 5. The molecule has 0 bridgehead atoms. The van der Waals surface area contributed by atoms with Crippen LogP contribution in [0.3, 0.4) is 0 Å². The van der Waals surface area contributed by atoms with Gasteiger partial charge in [0.15, 0.2) is 0 Å². The van der Waals surface area contributed by atoms with E-state index in [4.69, 9.17) is 11.6 Å². The summed E-state index contributed by atoms with van der Waals surface area (Å²) in [4.78, 5) is 0. The average molecular weight is 309 g/mol. The molecule has 0 aliphatic carbocycles. The van der Waals surface area contributed by atoms with Gasteiger partial charge in [0.05, 0.1) is 0 Å². The summed E-state index contributed by atoms with van der Waals surface area (Å²) < 4.78 is 14.2. The Labute approximate surface area is 110 Å². The second-order valence-electron chi connectivity index (χ2n) is 4.64. The second kappa shape index (κ2) is 5.99. The topological polar surface area (TPSA) is 12.0 Å². The third-order valence-corrected chi connectivity index (χ3v) is 3.51. The van der Waals surface area contributed by atoms with E-state index in [1.807, 2.05) is 6.07 Å². The zero-order chi connectivity index (χ0) is 12.2. The van der Waals surface area contributed by atoms with E-state index in [9.17, 15) is 4.39 Å². The molecule has 0 unspecified atom stereocenters. The van der Waals surface area contributed by atoms with E-state index in [1.54, 1.807) is 6.07 Å². The molecule has 1 aromatic carbocycles. The maximum absolute atomic E-state index is 13.5. The van der Waals surface area contributed by atoms with Gasteiger partial charge < -0.3 is 5.32 Å². The lowest BCUT2D eigenvalue weighted by atomic mass is 9.96. The standard InChI is InChI=1S/C12H16BrClFN/c1-12(2,7-14)8-16-6-9-3-4-10(13)5-11(9)15/h3-5,16H,6-8H2,1-2H3. The molecule has 0 saturated heterocycles. The van der Waals surface area contributed by atoms with Crippen LogP contribution in [0.1, 0.15) is 19.4 Å². The number of halogens is 3. The van der Waals surface area contributed by atoms with Gasteiger partial charge in [0.2, 0.25) is 0 Å². The molecule has 0 fully saturated rings. The van der Waals surface area contributed by atoms with Crippen LogP contribution in [0.25, 0.3) is 0 Å². The third-order valence-electron chi connectivity index (χ3n) is 2.30. The maximum Gasteiger partial charge on any atom is 0.128 e. The predicted molar refractivity (Wildman–Crippen MR) is 70.3 cm³/mol. The highest BCUT2D eigenvalue weighted by Crippen LogP contribution is 2.17. The Morgan fingerprint density at radius 1 is 1.44 bits per heavy atom. The van der Waals surface area contributed by atoms with Crippen molar-refractivity contribution >= 4 is 27.5 Å².